The number of hydrogen-bond donors (Lipinski definition) is 0. The summed E-state index contributed by atoms with van der Waals surface area (Å²) in [6, 6.07) is 9.77. The minimum absolute atomic E-state index is 0.0339. The number of hydrogen-bond acceptors (Lipinski definition) is 6. The molecule has 0 saturated carbocycles. The molecular weight excluding hydrogens is 296 g/mol. The van der Waals surface area contributed by atoms with Crippen molar-refractivity contribution in [1.82, 2.24) is 9.88 Å². The number of esters is 1. The van der Waals surface area contributed by atoms with E-state index in [1.165, 1.54) is 7.11 Å². The summed E-state index contributed by atoms with van der Waals surface area (Å²) in [6.45, 7) is 3.78. The highest BCUT2D eigenvalue weighted by molar-refractivity contribution is 5.75. The molecule has 122 valence electrons. The molecule has 23 heavy (non-hydrogen) atoms. The number of aromatic nitrogens is 1. The van der Waals surface area contributed by atoms with E-state index in [0.717, 1.165) is 17.8 Å². The molecule has 2 atom stereocenters. The van der Waals surface area contributed by atoms with E-state index in [9.17, 15) is 4.79 Å². The summed E-state index contributed by atoms with van der Waals surface area (Å²) in [7, 11) is 1.37. The van der Waals surface area contributed by atoms with Crippen LogP contribution in [0.3, 0.4) is 0 Å². The first-order valence-corrected chi connectivity index (χ1v) is 7.61. The van der Waals surface area contributed by atoms with Gasteiger partial charge in [0, 0.05) is 25.2 Å². The van der Waals surface area contributed by atoms with Crippen LogP contribution in [0.5, 0.6) is 0 Å². The van der Waals surface area contributed by atoms with E-state index in [-0.39, 0.29) is 12.1 Å². The van der Waals surface area contributed by atoms with Gasteiger partial charge in [0.2, 0.25) is 5.89 Å². The molecule has 2 aromatic rings. The molecule has 3 rings (SSSR count). The van der Waals surface area contributed by atoms with Gasteiger partial charge < -0.3 is 13.9 Å². The second-order valence-electron chi connectivity index (χ2n) is 5.66. The SMILES string of the molecule is COC(=O)[C@H]1CN(Cc2coc(-c3ccccc3)n2)C[C@@H](C)O1. The van der Waals surface area contributed by atoms with Gasteiger partial charge in [-0.15, -0.1) is 0 Å². The molecule has 0 spiro atoms. The van der Waals surface area contributed by atoms with Gasteiger partial charge in [0.25, 0.3) is 0 Å². The van der Waals surface area contributed by atoms with Crippen LogP contribution in [0.1, 0.15) is 12.6 Å². The number of ether oxygens (including phenoxy) is 2. The largest absolute Gasteiger partial charge is 0.467 e. The van der Waals surface area contributed by atoms with Crippen LogP contribution in [0.2, 0.25) is 0 Å². The average molecular weight is 316 g/mol. The number of morpholine rings is 1. The fraction of sp³-hybridized carbons (Fsp3) is 0.412. The van der Waals surface area contributed by atoms with E-state index >= 15 is 0 Å². The van der Waals surface area contributed by atoms with Gasteiger partial charge in [0.1, 0.15) is 6.26 Å². The Morgan fingerprint density at radius 2 is 2.13 bits per heavy atom. The molecule has 1 aliphatic heterocycles. The topological polar surface area (TPSA) is 64.8 Å². The first-order valence-electron chi connectivity index (χ1n) is 7.61. The standard InChI is InChI=1S/C17H20N2O4/c1-12-8-19(10-15(23-12)17(20)21-2)9-14-11-22-16(18-14)13-6-4-3-5-7-13/h3-7,11-12,15H,8-10H2,1-2H3/t12-,15-/m1/s1. The molecule has 1 saturated heterocycles. The van der Waals surface area contributed by atoms with Crippen molar-refractivity contribution in [2.75, 3.05) is 20.2 Å². The number of rotatable bonds is 4. The summed E-state index contributed by atoms with van der Waals surface area (Å²) < 4.78 is 15.9. The highest BCUT2D eigenvalue weighted by atomic mass is 16.6. The summed E-state index contributed by atoms with van der Waals surface area (Å²) in [4.78, 5) is 18.3. The van der Waals surface area contributed by atoms with Gasteiger partial charge in [-0.2, -0.15) is 0 Å². The predicted molar refractivity (Wildman–Crippen MR) is 83.6 cm³/mol. The monoisotopic (exact) mass is 316 g/mol. The number of carbonyl (C=O) groups excluding carboxylic acids is 1. The van der Waals surface area contributed by atoms with Crippen molar-refractivity contribution in [3.8, 4) is 11.5 Å². The van der Waals surface area contributed by atoms with Gasteiger partial charge in [-0.25, -0.2) is 9.78 Å². The first-order chi connectivity index (χ1) is 11.2. The van der Waals surface area contributed by atoms with Crippen molar-refractivity contribution in [1.29, 1.82) is 0 Å². The molecule has 2 heterocycles. The van der Waals surface area contributed by atoms with E-state index in [4.69, 9.17) is 13.9 Å². The first kappa shape index (κ1) is 15.7. The van der Waals surface area contributed by atoms with Gasteiger partial charge in [0.05, 0.1) is 18.9 Å². The molecule has 1 aliphatic rings. The highest BCUT2D eigenvalue weighted by Gasteiger charge is 2.31. The maximum absolute atomic E-state index is 11.7. The molecular formula is C17H20N2O4. The van der Waals surface area contributed by atoms with Crippen LogP contribution >= 0.6 is 0 Å². The summed E-state index contributed by atoms with van der Waals surface area (Å²) in [5.41, 5.74) is 1.78. The van der Waals surface area contributed by atoms with Crippen molar-refractivity contribution >= 4 is 5.97 Å². The van der Waals surface area contributed by atoms with E-state index < -0.39 is 6.10 Å². The van der Waals surface area contributed by atoms with Crippen molar-refractivity contribution < 1.29 is 18.7 Å². The quantitative estimate of drug-likeness (QED) is 0.805. The minimum Gasteiger partial charge on any atom is -0.467 e. The molecule has 0 N–H and O–H groups in total. The van der Waals surface area contributed by atoms with Gasteiger partial charge >= 0.3 is 5.97 Å². The van der Waals surface area contributed by atoms with Crippen LogP contribution in [0.4, 0.5) is 0 Å². The fourth-order valence-electron chi connectivity index (χ4n) is 2.75. The predicted octanol–water partition coefficient (Wildman–Crippen LogP) is 2.10. The molecule has 0 radical (unpaired) electrons. The van der Waals surface area contributed by atoms with E-state index in [2.05, 4.69) is 9.88 Å². The lowest BCUT2D eigenvalue weighted by Gasteiger charge is -2.34. The van der Waals surface area contributed by atoms with Crippen molar-refractivity contribution in [2.45, 2.75) is 25.7 Å². The van der Waals surface area contributed by atoms with Gasteiger partial charge in [-0.05, 0) is 19.1 Å². The summed E-state index contributed by atoms with van der Waals surface area (Å²) in [5.74, 6) is 0.262. The van der Waals surface area contributed by atoms with Crippen LogP contribution in [0.15, 0.2) is 41.0 Å². The summed E-state index contributed by atoms with van der Waals surface area (Å²) in [6.07, 6.45) is 1.08. The smallest absolute Gasteiger partial charge is 0.336 e. The number of oxazole rings is 1. The third-order valence-electron chi connectivity index (χ3n) is 3.76. The minimum atomic E-state index is -0.552. The molecule has 1 aromatic carbocycles. The Labute approximate surface area is 135 Å². The Morgan fingerprint density at radius 1 is 1.35 bits per heavy atom. The van der Waals surface area contributed by atoms with Crippen molar-refractivity contribution in [3.05, 3.63) is 42.3 Å². The molecule has 0 bridgehead atoms. The Morgan fingerprint density at radius 3 is 2.87 bits per heavy atom. The number of benzene rings is 1. The number of carbonyl (C=O) groups is 1. The second kappa shape index (κ2) is 6.93. The lowest BCUT2D eigenvalue weighted by atomic mass is 10.2. The maximum atomic E-state index is 11.7. The lowest BCUT2D eigenvalue weighted by Crippen LogP contribution is -2.49. The Kier molecular flexibility index (Phi) is 4.73. The normalized spacial score (nSPS) is 22.0. The summed E-state index contributed by atoms with van der Waals surface area (Å²) >= 11 is 0. The third-order valence-corrected chi connectivity index (χ3v) is 3.76. The Bertz CT molecular complexity index is 656. The molecule has 0 amide bonds. The molecule has 6 nitrogen and oxygen atoms in total. The number of methoxy groups -OCH3 is 1. The van der Waals surface area contributed by atoms with Crippen molar-refractivity contribution in [3.63, 3.8) is 0 Å². The van der Waals surface area contributed by atoms with Gasteiger partial charge in [-0.1, -0.05) is 18.2 Å². The zero-order valence-corrected chi connectivity index (χ0v) is 13.3. The zero-order chi connectivity index (χ0) is 16.2. The van der Waals surface area contributed by atoms with Gasteiger partial charge in [0.15, 0.2) is 6.10 Å². The van der Waals surface area contributed by atoms with Crippen LogP contribution in [-0.2, 0) is 20.8 Å². The van der Waals surface area contributed by atoms with Crippen molar-refractivity contribution in [2.24, 2.45) is 0 Å². The lowest BCUT2D eigenvalue weighted by molar-refractivity contribution is -0.166. The van der Waals surface area contributed by atoms with E-state index in [0.29, 0.717) is 19.0 Å². The van der Waals surface area contributed by atoms with Gasteiger partial charge in [-0.3, -0.25) is 4.90 Å². The van der Waals surface area contributed by atoms with E-state index in [1.54, 1.807) is 6.26 Å². The third kappa shape index (κ3) is 3.78. The average Bonchev–Trinajstić information content (AvgIpc) is 3.03. The molecule has 1 fully saturated rings. The highest BCUT2D eigenvalue weighted by Crippen LogP contribution is 2.20. The Balaban J connectivity index is 1.67. The van der Waals surface area contributed by atoms with Crippen LogP contribution in [0.25, 0.3) is 11.5 Å². The molecule has 1 aromatic heterocycles. The van der Waals surface area contributed by atoms with Crippen LogP contribution < -0.4 is 0 Å². The number of nitrogens with zero attached hydrogens (tertiary/aromatic N) is 2. The van der Waals surface area contributed by atoms with Crippen LogP contribution in [0, 0.1) is 0 Å². The van der Waals surface area contributed by atoms with E-state index in [1.807, 2.05) is 37.3 Å². The zero-order valence-electron chi connectivity index (χ0n) is 13.3. The Hall–Kier alpha value is -2.18. The second-order valence-corrected chi connectivity index (χ2v) is 5.66. The van der Waals surface area contributed by atoms with Crippen LogP contribution in [-0.4, -0.2) is 48.3 Å². The fourth-order valence-corrected chi connectivity index (χ4v) is 2.75. The molecule has 0 unspecified atom stereocenters. The molecule has 0 aliphatic carbocycles. The molecule has 6 heteroatoms. The maximum Gasteiger partial charge on any atom is 0.336 e. The summed E-state index contributed by atoms with van der Waals surface area (Å²) in [5, 5.41) is 0.